The van der Waals surface area contributed by atoms with Crippen LogP contribution in [0.25, 0.3) is 0 Å². The number of ether oxygens (including phenoxy) is 1. The summed E-state index contributed by atoms with van der Waals surface area (Å²) in [6, 6.07) is 5.15. The molecule has 0 aromatic heterocycles. The van der Waals surface area contributed by atoms with Crippen LogP contribution < -0.4 is 15.8 Å². The van der Waals surface area contributed by atoms with Gasteiger partial charge < -0.3 is 15.8 Å². The molecule has 0 saturated heterocycles. The van der Waals surface area contributed by atoms with E-state index in [0.29, 0.717) is 17.9 Å². The fraction of sp³-hybridized carbons (Fsp3) is 0.462. The predicted molar refractivity (Wildman–Crippen MR) is 77.3 cm³/mol. The standard InChI is InChI=1S/C13H20N2O2S/c1-9-4-5-12(17-2)11(8-9)15-13(16)10(14)6-7-18-3/h4-5,8,10H,6-7,14H2,1-3H3,(H,15,16)/t10-/m0/s1. The SMILES string of the molecule is COc1ccc(C)cc1NC(=O)[C@@H](N)CCSC. The Morgan fingerprint density at radius 1 is 1.56 bits per heavy atom. The van der Waals surface area contributed by atoms with Crippen molar-refractivity contribution in [2.24, 2.45) is 5.73 Å². The lowest BCUT2D eigenvalue weighted by Gasteiger charge is -2.14. The number of thioether (sulfide) groups is 1. The van der Waals surface area contributed by atoms with Crippen molar-refractivity contribution in [2.45, 2.75) is 19.4 Å². The van der Waals surface area contributed by atoms with Crippen molar-refractivity contribution in [3.05, 3.63) is 23.8 Å². The first-order valence-corrected chi connectivity index (χ1v) is 7.18. The van der Waals surface area contributed by atoms with Gasteiger partial charge in [-0.05, 0) is 43.0 Å². The zero-order valence-corrected chi connectivity index (χ0v) is 11.8. The molecule has 0 aliphatic heterocycles. The van der Waals surface area contributed by atoms with Crippen LogP contribution in [-0.2, 0) is 4.79 Å². The molecule has 1 aromatic rings. The van der Waals surface area contributed by atoms with E-state index in [0.717, 1.165) is 11.3 Å². The zero-order chi connectivity index (χ0) is 13.5. The number of anilines is 1. The Labute approximate surface area is 112 Å². The molecule has 0 saturated carbocycles. The number of amides is 1. The highest BCUT2D eigenvalue weighted by Crippen LogP contribution is 2.25. The largest absolute Gasteiger partial charge is 0.495 e. The van der Waals surface area contributed by atoms with Gasteiger partial charge in [0, 0.05) is 0 Å². The van der Waals surface area contributed by atoms with Gasteiger partial charge in [-0.3, -0.25) is 4.79 Å². The number of carbonyl (C=O) groups is 1. The van der Waals surface area contributed by atoms with Gasteiger partial charge in [0.15, 0.2) is 0 Å². The van der Waals surface area contributed by atoms with Gasteiger partial charge in [0.1, 0.15) is 5.75 Å². The number of aryl methyl sites for hydroxylation is 1. The summed E-state index contributed by atoms with van der Waals surface area (Å²) >= 11 is 1.68. The molecule has 3 N–H and O–H groups in total. The smallest absolute Gasteiger partial charge is 0.241 e. The van der Waals surface area contributed by atoms with E-state index in [1.54, 1.807) is 18.9 Å². The Morgan fingerprint density at radius 2 is 2.28 bits per heavy atom. The Morgan fingerprint density at radius 3 is 2.89 bits per heavy atom. The lowest BCUT2D eigenvalue weighted by Crippen LogP contribution is -2.36. The van der Waals surface area contributed by atoms with Gasteiger partial charge in [0.2, 0.25) is 5.91 Å². The van der Waals surface area contributed by atoms with Gasteiger partial charge in [-0.2, -0.15) is 11.8 Å². The monoisotopic (exact) mass is 268 g/mol. The summed E-state index contributed by atoms with van der Waals surface area (Å²) < 4.78 is 5.20. The van der Waals surface area contributed by atoms with Gasteiger partial charge >= 0.3 is 0 Å². The van der Waals surface area contributed by atoms with Crippen molar-refractivity contribution in [1.29, 1.82) is 0 Å². The van der Waals surface area contributed by atoms with Crippen molar-refractivity contribution in [2.75, 3.05) is 24.4 Å². The Kier molecular flexibility index (Phi) is 6.01. The summed E-state index contributed by atoms with van der Waals surface area (Å²) in [6.07, 6.45) is 2.66. The van der Waals surface area contributed by atoms with Gasteiger partial charge in [-0.15, -0.1) is 0 Å². The summed E-state index contributed by atoms with van der Waals surface area (Å²) in [5.41, 5.74) is 7.54. The number of hydrogen-bond acceptors (Lipinski definition) is 4. The normalized spacial score (nSPS) is 12.0. The van der Waals surface area contributed by atoms with Crippen molar-refractivity contribution in [3.63, 3.8) is 0 Å². The van der Waals surface area contributed by atoms with E-state index in [1.807, 2.05) is 31.4 Å². The van der Waals surface area contributed by atoms with Gasteiger partial charge in [-0.25, -0.2) is 0 Å². The zero-order valence-electron chi connectivity index (χ0n) is 11.0. The average molecular weight is 268 g/mol. The lowest BCUT2D eigenvalue weighted by atomic mass is 10.2. The summed E-state index contributed by atoms with van der Waals surface area (Å²) in [5, 5.41) is 2.81. The van der Waals surface area contributed by atoms with Crippen molar-refractivity contribution in [3.8, 4) is 5.75 Å². The molecule has 18 heavy (non-hydrogen) atoms. The number of nitrogens with one attached hydrogen (secondary N) is 1. The van der Waals surface area contributed by atoms with Crippen molar-refractivity contribution in [1.82, 2.24) is 0 Å². The van der Waals surface area contributed by atoms with Crippen LogP contribution in [0.3, 0.4) is 0 Å². The van der Waals surface area contributed by atoms with Crippen LogP contribution in [0.4, 0.5) is 5.69 Å². The minimum atomic E-state index is -0.484. The number of methoxy groups -OCH3 is 1. The first kappa shape index (κ1) is 14.9. The number of nitrogens with two attached hydrogens (primary N) is 1. The molecule has 1 atom stereocenters. The van der Waals surface area contributed by atoms with E-state index in [4.69, 9.17) is 10.5 Å². The molecular weight excluding hydrogens is 248 g/mol. The van der Waals surface area contributed by atoms with Gasteiger partial charge in [-0.1, -0.05) is 6.07 Å². The lowest BCUT2D eigenvalue weighted by molar-refractivity contribution is -0.117. The van der Waals surface area contributed by atoms with E-state index in [9.17, 15) is 4.79 Å². The second-order valence-electron chi connectivity index (χ2n) is 4.08. The maximum atomic E-state index is 11.9. The highest BCUT2D eigenvalue weighted by Gasteiger charge is 2.15. The highest BCUT2D eigenvalue weighted by atomic mass is 32.2. The third kappa shape index (κ3) is 4.23. The molecule has 4 nitrogen and oxygen atoms in total. The van der Waals surface area contributed by atoms with Gasteiger partial charge in [0.05, 0.1) is 18.8 Å². The molecule has 0 radical (unpaired) electrons. The molecule has 1 aromatic carbocycles. The summed E-state index contributed by atoms with van der Waals surface area (Å²) in [6.45, 7) is 1.96. The molecule has 0 aliphatic carbocycles. The number of hydrogen-bond donors (Lipinski definition) is 2. The molecule has 5 heteroatoms. The topological polar surface area (TPSA) is 64.3 Å². The minimum Gasteiger partial charge on any atom is -0.495 e. The van der Waals surface area contributed by atoms with Crippen LogP contribution in [0.15, 0.2) is 18.2 Å². The van der Waals surface area contributed by atoms with Crippen molar-refractivity contribution < 1.29 is 9.53 Å². The summed E-state index contributed by atoms with van der Waals surface area (Å²) in [7, 11) is 1.58. The first-order chi connectivity index (χ1) is 8.58. The second kappa shape index (κ2) is 7.28. The molecule has 0 heterocycles. The fourth-order valence-electron chi connectivity index (χ4n) is 1.52. The van der Waals surface area contributed by atoms with Crippen LogP contribution in [0.2, 0.25) is 0 Å². The average Bonchev–Trinajstić information content (AvgIpc) is 2.36. The molecule has 0 spiro atoms. The molecule has 1 rings (SSSR count). The Balaban J connectivity index is 2.71. The number of carbonyl (C=O) groups excluding carboxylic acids is 1. The van der Waals surface area contributed by atoms with E-state index in [-0.39, 0.29) is 5.91 Å². The molecule has 1 amide bonds. The third-order valence-electron chi connectivity index (χ3n) is 2.58. The predicted octanol–water partition coefficient (Wildman–Crippen LogP) is 2.02. The highest BCUT2D eigenvalue weighted by molar-refractivity contribution is 7.98. The summed E-state index contributed by atoms with van der Waals surface area (Å²) in [5.74, 6) is 1.35. The van der Waals surface area contributed by atoms with Crippen LogP contribution in [0.5, 0.6) is 5.75 Å². The molecule has 0 bridgehead atoms. The van der Waals surface area contributed by atoms with Crippen LogP contribution in [0.1, 0.15) is 12.0 Å². The number of rotatable bonds is 6. The van der Waals surface area contributed by atoms with E-state index < -0.39 is 6.04 Å². The molecule has 0 unspecified atom stereocenters. The Bertz CT molecular complexity index is 410. The molecular formula is C13H20N2O2S. The van der Waals surface area contributed by atoms with E-state index in [2.05, 4.69) is 5.32 Å². The van der Waals surface area contributed by atoms with E-state index in [1.165, 1.54) is 0 Å². The Hall–Kier alpha value is -1.20. The van der Waals surface area contributed by atoms with Crippen LogP contribution >= 0.6 is 11.8 Å². The fourth-order valence-corrected chi connectivity index (χ4v) is 2.01. The molecule has 100 valence electrons. The van der Waals surface area contributed by atoms with Gasteiger partial charge in [0.25, 0.3) is 0 Å². The van der Waals surface area contributed by atoms with Crippen LogP contribution in [-0.4, -0.2) is 31.1 Å². The first-order valence-electron chi connectivity index (χ1n) is 5.78. The third-order valence-corrected chi connectivity index (χ3v) is 3.23. The summed E-state index contributed by atoms with van der Waals surface area (Å²) in [4.78, 5) is 11.9. The maximum absolute atomic E-state index is 11.9. The molecule has 0 aliphatic rings. The maximum Gasteiger partial charge on any atom is 0.241 e. The van der Waals surface area contributed by atoms with Crippen molar-refractivity contribution >= 4 is 23.4 Å². The van der Waals surface area contributed by atoms with E-state index >= 15 is 0 Å². The second-order valence-corrected chi connectivity index (χ2v) is 5.07. The van der Waals surface area contributed by atoms with Crippen LogP contribution in [0, 0.1) is 6.92 Å². The number of benzene rings is 1. The quantitative estimate of drug-likeness (QED) is 0.828. The minimum absolute atomic E-state index is 0.173. The molecule has 0 fully saturated rings.